The topological polar surface area (TPSA) is 42.1 Å². The molecule has 0 saturated carbocycles. The molecule has 2 N–H and O–H groups in total. The molecule has 96 valence electrons. The molecule has 6 heteroatoms. The molecule has 1 aromatic heterocycles. The molecule has 0 spiro atoms. The van der Waals surface area contributed by atoms with Crippen LogP contribution in [0.1, 0.15) is 0 Å². The van der Waals surface area contributed by atoms with Crippen molar-refractivity contribution < 1.29 is 13.2 Å². The van der Waals surface area contributed by atoms with Crippen LogP contribution in [0, 0.1) is 0 Å². The van der Waals surface area contributed by atoms with Crippen LogP contribution in [-0.2, 0) is 0 Å². The number of anilines is 2. The number of halogens is 3. The van der Waals surface area contributed by atoms with Crippen molar-refractivity contribution in [3.63, 3.8) is 0 Å². The number of nitrogen functional groups attached to an aromatic ring is 1. The van der Waals surface area contributed by atoms with E-state index in [1.165, 1.54) is 13.2 Å². The summed E-state index contributed by atoms with van der Waals surface area (Å²) in [6, 6.07) is 6.58. The molecular weight excluding hydrogens is 243 g/mol. The molecule has 0 aliphatic heterocycles. The zero-order valence-corrected chi connectivity index (χ0v) is 9.70. The predicted molar refractivity (Wildman–Crippen MR) is 65.5 cm³/mol. The third-order valence-electron chi connectivity index (χ3n) is 2.61. The molecule has 0 fully saturated rings. The van der Waals surface area contributed by atoms with Crippen molar-refractivity contribution in [1.29, 1.82) is 0 Å². The molecule has 0 amide bonds. The Morgan fingerprint density at radius 1 is 1.28 bits per heavy atom. The molecule has 0 radical (unpaired) electrons. The number of aromatic nitrogens is 1. The molecule has 2 rings (SSSR count). The van der Waals surface area contributed by atoms with Gasteiger partial charge in [0, 0.05) is 24.3 Å². The molecule has 1 heterocycles. The Morgan fingerprint density at radius 3 is 2.67 bits per heavy atom. The van der Waals surface area contributed by atoms with Gasteiger partial charge in [0.25, 0.3) is 0 Å². The van der Waals surface area contributed by atoms with E-state index in [1.54, 1.807) is 24.3 Å². The Labute approximate surface area is 102 Å². The summed E-state index contributed by atoms with van der Waals surface area (Å²) < 4.78 is 37.2. The van der Waals surface area contributed by atoms with E-state index in [0.717, 1.165) is 4.90 Å². The summed E-state index contributed by atoms with van der Waals surface area (Å²) in [5.74, 6) is 0. The summed E-state index contributed by atoms with van der Waals surface area (Å²) in [5, 5.41) is 0.657. The van der Waals surface area contributed by atoms with Crippen LogP contribution in [0.3, 0.4) is 0 Å². The number of hydrogen-bond donors (Lipinski definition) is 1. The van der Waals surface area contributed by atoms with E-state index in [9.17, 15) is 13.2 Å². The molecule has 2 aromatic rings. The van der Waals surface area contributed by atoms with Gasteiger partial charge in [0.15, 0.2) is 0 Å². The van der Waals surface area contributed by atoms with Gasteiger partial charge in [-0.15, -0.1) is 0 Å². The van der Waals surface area contributed by atoms with Crippen molar-refractivity contribution in [2.75, 3.05) is 24.2 Å². The highest BCUT2D eigenvalue weighted by Gasteiger charge is 2.30. The Bertz CT molecular complexity index is 566. The summed E-state index contributed by atoms with van der Waals surface area (Å²) in [6.45, 7) is -1.03. The largest absolute Gasteiger partial charge is 0.405 e. The van der Waals surface area contributed by atoms with E-state index < -0.39 is 12.7 Å². The van der Waals surface area contributed by atoms with Crippen LogP contribution in [0.25, 0.3) is 10.9 Å². The molecule has 0 atom stereocenters. The summed E-state index contributed by atoms with van der Waals surface area (Å²) in [4.78, 5) is 5.22. The van der Waals surface area contributed by atoms with Crippen LogP contribution in [-0.4, -0.2) is 24.8 Å². The van der Waals surface area contributed by atoms with Gasteiger partial charge < -0.3 is 10.6 Å². The van der Waals surface area contributed by atoms with E-state index >= 15 is 0 Å². The summed E-state index contributed by atoms with van der Waals surface area (Å²) in [6.07, 6.45) is -2.72. The number of benzene rings is 1. The highest BCUT2D eigenvalue weighted by Crippen LogP contribution is 2.30. The summed E-state index contributed by atoms with van der Waals surface area (Å²) >= 11 is 0. The first-order valence-electron chi connectivity index (χ1n) is 5.29. The van der Waals surface area contributed by atoms with Gasteiger partial charge in [0.2, 0.25) is 0 Å². The highest BCUT2D eigenvalue weighted by atomic mass is 19.4. The molecule has 3 nitrogen and oxygen atoms in total. The highest BCUT2D eigenvalue weighted by molar-refractivity contribution is 5.98. The monoisotopic (exact) mass is 255 g/mol. The fraction of sp³-hybridized carbons (Fsp3) is 0.250. The van der Waals surface area contributed by atoms with E-state index in [-0.39, 0.29) is 0 Å². The maximum Gasteiger partial charge on any atom is 0.405 e. The molecule has 0 saturated heterocycles. The summed E-state index contributed by atoms with van der Waals surface area (Å²) in [7, 11) is 1.38. The molecule has 18 heavy (non-hydrogen) atoms. The van der Waals surface area contributed by atoms with Crippen molar-refractivity contribution >= 4 is 22.3 Å². The van der Waals surface area contributed by atoms with Gasteiger partial charge in [0.05, 0.1) is 11.2 Å². The number of fused-ring (bicyclic) bond motifs is 1. The van der Waals surface area contributed by atoms with Gasteiger partial charge in [-0.05, 0) is 24.3 Å². The molecule has 0 bridgehead atoms. The number of alkyl halides is 3. The molecule has 1 aromatic carbocycles. The van der Waals surface area contributed by atoms with Crippen LogP contribution in [0.5, 0.6) is 0 Å². The van der Waals surface area contributed by atoms with Gasteiger partial charge >= 0.3 is 6.18 Å². The second-order valence-electron chi connectivity index (χ2n) is 4.04. The molecule has 0 unspecified atom stereocenters. The van der Waals surface area contributed by atoms with E-state index in [0.29, 0.717) is 22.3 Å². The Balaban J connectivity index is 2.49. The second kappa shape index (κ2) is 4.36. The number of pyridine rings is 1. The number of hydrogen-bond acceptors (Lipinski definition) is 3. The Kier molecular flexibility index (Phi) is 3.02. The normalized spacial score (nSPS) is 11.8. The molecular formula is C12H12F3N3. The number of nitrogens with zero attached hydrogens (tertiary/aromatic N) is 2. The minimum absolute atomic E-state index is 0.414. The maximum atomic E-state index is 12.4. The Hall–Kier alpha value is -1.98. The van der Waals surface area contributed by atoms with Gasteiger partial charge in [-0.3, -0.25) is 4.98 Å². The third-order valence-corrected chi connectivity index (χ3v) is 2.61. The predicted octanol–water partition coefficient (Wildman–Crippen LogP) is 2.82. The lowest BCUT2D eigenvalue weighted by Crippen LogP contribution is -2.31. The quantitative estimate of drug-likeness (QED) is 0.839. The average molecular weight is 255 g/mol. The minimum atomic E-state index is -4.25. The van der Waals surface area contributed by atoms with Crippen molar-refractivity contribution in [2.45, 2.75) is 6.18 Å². The van der Waals surface area contributed by atoms with Crippen LogP contribution >= 0.6 is 0 Å². The lowest BCUT2D eigenvalue weighted by atomic mass is 10.1. The molecule has 0 aliphatic rings. The SMILES string of the molecule is CN(CC(F)(F)F)c1ccc(N)c2cccnc12. The maximum absolute atomic E-state index is 12.4. The summed E-state index contributed by atoms with van der Waals surface area (Å²) in [5.41, 5.74) is 7.16. The van der Waals surface area contributed by atoms with Crippen molar-refractivity contribution in [3.05, 3.63) is 30.5 Å². The first-order valence-corrected chi connectivity index (χ1v) is 5.29. The van der Waals surface area contributed by atoms with E-state index in [4.69, 9.17) is 5.73 Å². The van der Waals surface area contributed by atoms with Gasteiger partial charge in [-0.25, -0.2) is 0 Å². The van der Waals surface area contributed by atoms with Crippen LogP contribution in [0.2, 0.25) is 0 Å². The van der Waals surface area contributed by atoms with Crippen molar-refractivity contribution in [2.24, 2.45) is 0 Å². The first-order chi connectivity index (χ1) is 8.38. The number of nitrogens with two attached hydrogens (primary N) is 1. The lowest BCUT2D eigenvalue weighted by molar-refractivity contribution is -0.119. The van der Waals surface area contributed by atoms with E-state index in [2.05, 4.69) is 4.98 Å². The standard InChI is InChI=1S/C12H12F3N3/c1-18(7-12(13,14)15)10-5-4-9(16)8-3-2-6-17-11(8)10/h2-6H,7,16H2,1H3. The van der Waals surface area contributed by atoms with Crippen LogP contribution in [0.4, 0.5) is 24.5 Å². The van der Waals surface area contributed by atoms with Crippen LogP contribution < -0.4 is 10.6 Å². The lowest BCUT2D eigenvalue weighted by Gasteiger charge is -2.22. The van der Waals surface area contributed by atoms with Gasteiger partial charge in [-0.1, -0.05) is 0 Å². The van der Waals surface area contributed by atoms with Crippen LogP contribution in [0.15, 0.2) is 30.5 Å². The zero-order chi connectivity index (χ0) is 13.3. The fourth-order valence-corrected chi connectivity index (χ4v) is 1.84. The van der Waals surface area contributed by atoms with E-state index in [1.807, 2.05) is 0 Å². The third kappa shape index (κ3) is 2.47. The van der Waals surface area contributed by atoms with Gasteiger partial charge in [-0.2, -0.15) is 13.2 Å². The van der Waals surface area contributed by atoms with Gasteiger partial charge in [0.1, 0.15) is 6.54 Å². The Morgan fingerprint density at radius 2 is 2.00 bits per heavy atom. The zero-order valence-electron chi connectivity index (χ0n) is 9.70. The van der Waals surface area contributed by atoms with Crippen molar-refractivity contribution in [3.8, 4) is 0 Å². The average Bonchev–Trinajstić information content (AvgIpc) is 2.27. The minimum Gasteiger partial charge on any atom is -0.398 e. The smallest absolute Gasteiger partial charge is 0.398 e. The number of rotatable bonds is 2. The van der Waals surface area contributed by atoms with Crippen molar-refractivity contribution in [1.82, 2.24) is 4.98 Å². The molecule has 0 aliphatic carbocycles. The first kappa shape index (κ1) is 12.5. The fourth-order valence-electron chi connectivity index (χ4n) is 1.84. The second-order valence-corrected chi connectivity index (χ2v) is 4.04.